The van der Waals surface area contributed by atoms with Crippen LogP contribution in [0, 0.1) is 0 Å². The van der Waals surface area contributed by atoms with Gasteiger partial charge in [0.05, 0.1) is 4.90 Å². The van der Waals surface area contributed by atoms with Crippen LogP contribution in [-0.4, -0.2) is 36.9 Å². The van der Waals surface area contributed by atoms with Gasteiger partial charge in [0.15, 0.2) is 0 Å². The minimum Gasteiger partial charge on any atom is -0.339 e. The van der Waals surface area contributed by atoms with Crippen molar-refractivity contribution >= 4 is 16.0 Å². The lowest BCUT2D eigenvalue weighted by Crippen LogP contribution is -2.33. The molecule has 1 aromatic carbocycles. The van der Waals surface area contributed by atoms with E-state index in [0.717, 1.165) is 38.8 Å². The fourth-order valence-corrected chi connectivity index (χ4v) is 7.45. The van der Waals surface area contributed by atoms with Crippen LogP contribution in [0.25, 0.3) is 0 Å². The summed E-state index contributed by atoms with van der Waals surface area (Å²) in [6.45, 7) is 6.05. The van der Waals surface area contributed by atoms with E-state index in [-0.39, 0.29) is 15.5 Å². The molecule has 1 amide bonds. The molecular weight excluding hydrogens is 646 g/mol. The Labute approximate surface area is 309 Å². The lowest BCUT2D eigenvalue weighted by molar-refractivity contribution is 0.0749. The Kier molecular flexibility index (Phi) is 33.6. The van der Waals surface area contributed by atoms with Crippen molar-refractivity contribution < 1.29 is 22.5 Å². The second-order valence-electron chi connectivity index (χ2n) is 14.9. The van der Waals surface area contributed by atoms with E-state index in [1.54, 1.807) is 0 Å². The molecule has 0 spiro atoms. The fraction of sp³-hybridized carbons (Fsp3) is 0.837. The molecule has 0 saturated carbocycles. The summed E-state index contributed by atoms with van der Waals surface area (Å²) in [5.74, 6) is -0.0381. The van der Waals surface area contributed by atoms with E-state index in [4.69, 9.17) is 0 Å². The van der Waals surface area contributed by atoms with Crippen LogP contribution in [0.5, 0.6) is 0 Å². The Morgan fingerprint density at radius 3 is 0.940 bits per heavy atom. The molecule has 0 aromatic heterocycles. The summed E-state index contributed by atoms with van der Waals surface area (Å²) in [4.78, 5) is 15.2. The van der Waals surface area contributed by atoms with Gasteiger partial charge in [0.2, 0.25) is 0 Å². The summed E-state index contributed by atoms with van der Waals surface area (Å²) in [6, 6.07) is 5.70. The Balaban J connectivity index is 0.0000240. The van der Waals surface area contributed by atoms with Crippen molar-refractivity contribution in [1.82, 2.24) is 4.90 Å². The van der Waals surface area contributed by atoms with Crippen molar-refractivity contribution in [2.24, 2.45) is 0 Å². The molecule has 0 unspecified atom stereocenters. The first-order valence-corrected chi connectivity index (χ1v) is 22.7. The fourth-order valence-electron chi connectivity index (χ4n) is 6.97. The van der Waals surface area contributed by atoms with Crippen LogP contribution in [0.2, 0.25) is 0 Å². The van der Waals surface area contributed by atoms with Crippen LogP contribution in [0.1, 0.15) is 230 Å². The Bertz CT molecular complexity index is 949. The van der Waals surface area contributed by atoms with Crippen molar-refractivity contribution in [3.05, 3.63) is 29.8 Å². The van der Waals surface area contributed by atoms with Crippen molar-refractivity contribution in [1.29, 1.82) is 0 Å². The normalized spacial score (nSPS) is 11.5. The first-order valence-electron chi connectivity index (χ1n) is 21.3. The predicted octanol–water partition coefficient (Wildman–Crippen LogP) is 14.1. The minimum atomic E-state index is -4.27. The minimum absolute atomic E-state index is 0. The third kappa shape index (κ3) is 28.2. The van der Waals surface area contributed by atoms with E-state index in [1.165, 1.54) is 204 Å². The van der Waals surface area contributed by atoms with Gasteiger partial charge in [0.25, 0.3) is 16.0 Å². The molecule has 1 aromatic rings. The van der Waals surface area contributed by atoms with Crippen LogP contribution in [0.3, 0.4) is 0 Å². The summed E-state index contributed by atoms with van der Waals surface area (Å²) in [6.07, 6.45) is 42.5. The molecule has 5 nitrogen and oxygen atoms in total. The van der Waals surface area contributed by atoms with Crippen LogP contribution in [0.15, 0.2) is 29.2 Å². The number of nitrogens with zero attached hydrogens (tertiary/aromatic N) is 1. The maximum atomic E-state index is 13.4. The summed E-state index contributed by atoms with van der Waals surface area (Å²) in [5, 5.41) is 0. The van der Waals surface area contributed by atoms with Gasteiger partial charge in [-0.15, -0.1) is 0 Å². The molecule has 0 fully saturated rings. The summed E-state index contributed by atoms with van der Waals surface area (Å²) in [5.41, 5.74) is 0.486. The number of rotatable bonds is 36. The monoisotopic (exact) mass is 726 g/mol. The maximum Gasteiger partial charge on any atom is 0.294 e. The third-order valence-corrected chi connectivity index (χ3v) is 11.1. The molecule has 0 aliphatic rings. The number of hydrogen-bond acceptors (Lipinski definition) is 3. The first-order chi connectivity index (χ1) is 23.9. The second-order valence-corrected chi connectivity index (χ2v) is 16.3. The van der Waals surface area contributed by atoms with Gasteiger partial charge < -0.3 is 4.90 Å². The Morgan fingerprint density at radius 2 is 0.700 bits per heavy atom. The number of amides is 1. The maximum absolute atomic E-state index is 13.4. The highest BCUT2D eigenvalue weighted by molar-refractivity contribution is 7.85. The average molecular weight is 726 g/mol. The third-order valence-electron chi connectivity index (χ3n) is 10.2. The highest BCUT2D eigenvalue weighted by Gasteiger charge is 2.17. The highest BCUT2D eigenvalue weighted by atomic mass is 32.2. The van der Waals surface area contributed by atoms with Crippen molar-refractivity contribution in [3.63, 3.8) is 0 Å². The molecular formula is C43H80FNO4S. The van der Waals surface area contributed by atoms with Crippen LogP contribution >= 0.6 is 0 Å². The number of halogens is 1. The van der Waals surface area contributed by atoms with Gasteiger partial charge in [-0.2, -0.15) is 8.42 Å². The number of hydrogen-bond donors (Lipinski definition) is 1. The van der Waals surface area contributed by atoms with Gasteiger partial charge in [0, 0.05) is 18.7 Å². The van der Waals surface area contributed by atoms with Crippen LogP contribution in [-0.2, 0) is 10.1 Å². The molecule has 1 rings (SSSR count). The van der Waals surface area contributed by atoms with Crippen LogP contribution < -0.4 is 0 Å². The molecule has 294 valence electrons. The Hall–Kier alpha value is -1.47. The van der Waals surface area contributed by atoms with Gasteiger partial charge in [-0.3, -0.25) is 14.1 Å². The predicted molar refractivity (Wildman–Crippen MR) is 214 cm³/mol. The zero-order valence-corrected chi connectivity index (χ0v) is 33.6. The van der Waals surface area contributed by atoms with E-state index in [2.05, 4.69) is 13.8 Å². The van der Waals surface area contributed by atoms with Crippen molar-refractivity contribution in [2.75, 3.05) is 13.1 Å². The summed E-state index contributed by atoms with van der Waals surface area (Å²) in [7, 11) is -4.27. The van der Waals surface area contributed by atoms with E-state index >= 15 is 0 Å². The summed E-state index contributed by atoms with van der Waals surface area (Å²) < 4.78 is 32.2. The Morgan fingerprint density at radius 1 is 0.460 bits per heavy atom. The van der Waals surface area contributed by atoms with Gasteiger partial charge in [-0.05, 0) is 37.1 Å². The number of unbranched alkanes of at least 4 members (excludes halogenated alkanes) is 30. The standard InChI is InChI=1S/C43H79NO4S.FH/c1-3-5-7-9-11-13-15-17-19-21-23-25-27-29-31-33-39-44(43(45)41-35-37-42(38-36-41)49(46,47)48)40-34-32-30-28-26-24-22-20-18-16-14-12-10-8-6-4-2;/h35-38H,3-34,39-40H2,1-2H3,(H,46,47,48);1H. The summed E-state index contributed by atoms with van der Waals surface area (Å²) >= 11 is 0. The van der Waals surface area contributed by atoms with Gasteiger partial charge >= 0.3 is 0 Å². The van der Waals surface area contributed by atoms with Gasteiger partial charge in [-0.1, -0.05) is 206 Å². The average Bonchev–Trinajstić information content (AvgIpc) is 3.09. The number of benzene rings is 1. The van der Waals surface area contributed by atoms with E-state index in [0.29, 0.717) is 5.56 Å². The lowest BCUT2D eigenvalue weighted by atomic mass is 10.0. The molecule has 50 heavy (non-hydrogen) atoms. The zero-order chi connectivity index (χ0) is 35.7. The molecule has 0 bridgehead atoms. The second kappa shape index (κ2) is 34.6. The zero-order valence-electron chi connectivity index (χ0n) is 32.8. The number of carbonyl (C=O) groups is 1. The number of carbonyl (C=O) groups excluding carboxylic acids is 1. The van der Waals surface area contributed by atoms with E-state index in [1.807, 2.05) is 4.90 Å². The molecule has 0 radical (unpaired) electrons. The molecule has 0 aliphatic carbocycles. The topological polar surface area (TPSA) is 74.7 Å². The first kappa shape index (κ1) is 48.5. The van der Waals surface area contributed by atoms with Crippen molar-refractivity contribution in [2.45, 2.75) is 224 Å². The van der Waals surface area contributed by atoms with E-state index < -0.39 is 10.1 Å². The quantitative estimate of drug-likeness (QED) is 0.0552. The SMILES string of the molecule is CCCCCCCCCCCCCCCCCCN(CCCCCCCCCCCCCCCCCC)C(=O)c1ccc(S(=O)(=O)O)cc1.F. The molecule has 1 N–H and O–H groups in total. The van der Waals surface area contributed by atoms with E-state index in [9.17, 15) is 17.8 Å². The molecule has 0 saturated heterocycles. The molecule has 0 aliphatic heterocycles. The molecule has 0 heterocycles. The van der Waals surface area contributed by atoms with Gasteiger partial charge in [-0.25, -0.2) is 0 Å². The highest BCUT2D eigenvalue weighted by Crippen LogP contribution is 2.18. The smallest absolute Gasteiger partial charge is 0.294 e. The van der Waals surface area contributed by atoms with Gasteiger partial charge in [0.1, 0.15) is 0 Å². The van der Waals surface area contributed by atoms with Crippen molar-refractivity contribution in [3.8, 4) is 0 Å². The molecule has 7 heteroatoms. The van der Waals surface area contributed by atoms with Crippen LogP contribution in [0.4, 0.5) is 4.70 Å². The lowest BCUT2D eigenvalue weighted by Gasteiger charge is -2.23. The largest absolute Gasteiger partial charge is 0.339 e. The molecule has 0 atom stereocenters.